The van der Waals surface area contributed by atoms with Gasteiger partial charge >= 0.3 is 0 Å². The third-order valence-electron chi connectivity index (χ3n) is 5.66. The van der Waals surface area contributed by atoms with Crippen LogP contribution in [0.1, 0.15) is 49.1 Å². The Morgan fingerprint density at radius 1 is 1.48 bits per heavy atom. The molecule has 5 nitrogen and oxygen atoms in total. The quantitative estimate of drug-likeness (QED) is 0.655. The van der Waals surface area contributed by atoms with Crippen molar-refractivity contribution in [3.8, 4) is 0 Å². The molecule has 2 atom stereocenters. The zero-order valence-electron chi connectivity index (χ0n) is 13.5. The molecule has 0 radical (unpaired) electrons. The Hall–Kier alpha value is -0.910. The van der Waals surface area contributed by atoms with Crippen molar-refractivity contribution in [2.75, 3.05) is 6.61 Å². The van der Waals surface area contributed by atoms with Gasteiger partial charge in [0.2, 0.25) is 0 Å². The number of rotatable bonds is 4. The molecular formula is C16H28N4O. The molecule has 0 aromatic carbocycles. The smallest absolute Gasteiger partial charge is 0.0685 e. The van der Waals surface area contributed by atoms with Gasteiger partial charge in [0, 0.05) is 25.4 Å². The summed E-state index contributed by atoms with van der Waals surface area (Å²) in [7, 11) is 2.01. The third-order valence-corrected chi connectivity index (χ3v) is 5.66. The largest absolute Gasteiger partial charge is 0.375 e. The van der Waals surface area contributed by atoms with Crippen LogP contribution >= 0.6 is 0 Å². The summed E-state index contributed by atoms with van der Waals surface area (Å²) in [5.41, 5.74) is 6.97. The molecule has 2 aliphatic rings. The molecule has 2 fully saturated rings. The van der Waals surface area contributed by atoms with Crippen LogP contribution in [0, 0.1) is 19.8 Å². The number of hydrogen-bond acceptors (Lipinski definition) is 4. The van der Waals surface area contributed by atoms with E-state index in [0.29, 0.717) is 12.0 Å². The number of nitrogens with two attached hydrogens (primary N) is 1. The van der Waals surface area contributed by atoms with Crippen LogP contribution in [0.5, 0.6) is 0 Å². The fourth-order valence-electron chi connectivity index (χ4n) is 4.02. The van der Waals surface area contributed by atoms with Crippen molar-refractivity contribution < 1.29 is 4.74 Å². The predicted octanol–water partition coefficient (Wildman–Crippen LogP) is 1.76. The molecule has 1 saturated heterocycles. The highest BCUT2D eigenvalue weighted by molar-refractivity contribution is 5.25. The number of nitrogens with one attached hydrogen (secondary N) is 1. The van der Waals surface area contributed by atoms with Crippen LogP contribution in [0.3, 0.4) is 0 Å². The lowest BCUT2D eigenvalue weighted by Gasteiger charge is -2.48. The molecule has 0 amide bonds. The molecule has 3 N–H and O–H groups in total. The first-order chi connectivity index (χ1) is 10.0. The number of ether oxygens (including phenoxy) is 1. The van der Waals surface area contributed by atoms with Gasteiger partial charge in [-0.15, -0.1) is 0 Å². The maximum Gasteiger partial charge on any atom is 0.0685 e. The zero-order valence-corrected chi connectivity index (χ0v) is 13.5. The first-order valence-corrected chi connectivity index (χ1v) is 8.14. The van der Waals surface area contributed by atoms with Crippen molar-refractivity contribution in [1.29, 1.82) is 0 Å². The maximum atomic E-state index is 6.04. The van der Waals surface area contributed by atoms with E-state index in [0.717, 1.165) is 31.6 Å². The van der Waals surface area contributed by atoms with E-state index in [9.17, 15) is 0 Å². The minimum absolute atomic E-state index is 0.178. The number of aryl methyl sites for hydroxylation is 2. The minimum Gasteiger partial charge on any atom is -0.375 e. The molecule has 1 aliphatic carbocycles. The molecule has 1 saturated carbocycles. The molecule has 118 valence electrons. The summed E-state index contributed by atoms with van der Waals surface area (Å²) in [6, 6.07) is 0.313. The fraction of sp³-hybridized carbons (Fsp3) is 0.812. The van der Waals surface area contributed by atoms with Gasteiger partial charge in [0.15, 0.2) is 0 Å². The first-order valence-electron chi connectivity index (χ1n) is 8.14. The average Bonchev–Trinajstić information content (AvgIpc) is 2.68. The molecule has 21 heavy (non-hydrogen) atoms. The highest BCUT2D eigenvalue weighted by atomic mass is 16.5. The molecule has 5 heteroatoms. The van der Waals surface area contributed by atoms with Crippen LogP contribution in [0.25, 0.3) is 0 Å². The number of nitrogens with zero attached hydrogens (tertiary/aromatic N) is 2. The lowest BCUT2D eigenvalue weighted by Crippen LogP contribution is -2.52. The SMILES string of the molecule is Cc1nn(C)c(C)c1CC(NN)C1CCOC2(CCC2)C1. The van der Waals surface area contributed by atoms with Crippen LogP contribution < -0.4 is 11.3 Å². The predicted molar refractivity (Wildman–Crippen MR) is 82.8 cm³/mol. The second-order valence-electron chi connectivity index (χ2n) is 6.89. The Bertz CT molecular complexity index is 507. The van der Waals surface area contributed by atoms with Crippen LogP contribution in [-0.2, 0) is 18.2 Å². The fourth-order valence-corrected chi connectivity index (χ4v) is 4.02. The summed E-state index contributed by atoms with van der Waals surface area (Å²) in [5, 5.41) is 4.52. The molecule has 2 unspecified atom stereocenters. The molecular weight excluding hydrogens is 264 g/mol. The second kappa shape index (κ2) is 5.71. The summed E-state index contributed by atoms with van der Waals surface area (Å²) >= 11 is 0. The van der Waals surface area contributed by atoms with Crippen molar-refractivity contribution in [2.45, 2.75) is 64.0 Å². The number of aromatic nitrogens is 2. The molecule has 3 rings (SSSR count). The van der Waals surface area contributed by atoms with Crippen molar-refractivity contribution in [2.24, 2.45) is 18.8 Å². The highest BCUT2D eigenvalue weighted by Gasteiger charge is 2.44. The lowest BCUT2D eigenvalue weighted by molar-refractivity contribution is -0.147. The van der Waals surface area contributed by atoms with Crippen LogP contribution in [0.4, 0.5) is 0 Å². The van der Waals surface area contributed by atoms with Crippen molar-refractivity contribution in [1.82, 2.24) is 15.2 Å². The Kier molecular flexibility index (Phi) is 4.08. The van der Waals surface area contributed by atoms with E-state index in [1.807, 2.05) is 11.7 Å². The maximum absolute atomic E-state index is 6.04. The van der Waals surface area contributed by atoms with Gasteiger partial charge in [-0.3, -0.25) is 16.0 Å². The van der Waals surface area contributed by atoms with Gasteiger partial charge in [-0.25, -0.2) is 0 Å². The van der Waals surface area contributed by atoms with E-state index in [1.54, 1.807) is 0 Å². The number of hydrogen-bond donors (Lipinski definition) is 2. The van der Waals surface area contributed by atoms with E-state index in [2.05, 4.69) is 24.4 Å². The highest BCUT2D eigenvalue weighted by Crippen LogP contribution is 2.45. The van der Waals surface area contributed by atoms with Gasteiger partial charge < -0.3 is 4.74 Å². The van der Waals surface area contributed by atoms with Crippen molar-refractivity contribution in [3.05, 3.63) is 17.0 Å². The summed E-state index contributed by atoms with van der Waals surface area (Å²) in [6.07, 6.45) is 6.99. The Morgan fingerprint density at radius 2 is 2.24 bits per heavy atom. The summed E-state index contributed by atoms with van der Waals surface area (Å²) in [6.45, 7) is 5.11. The molecule has 2 heterocycles. The van der Waals surface area contributed by atoms with Gasteiger partial charge in [-0.2, -0.15) is 5.10 Å². The van der Waals surface area contributed by atoms with Crippen molar-refractivity contribution >= 4 is 0 Å². The van der Waals surface area contributed by atoms with Gasteiger partial charge in [0.05, 0.1) is 11.3 Å². The lowest BCUT2D eigenvalue weighted by atomic mass is 9.70. The molecule has 1 aromatic rings. The Balaban J connectivity index is 1.72. The van der Waals surface area contributed by atoms with E-state index in [-0.39, 0.29) is 5.60 Å². The minimum atomic E-state index is 0.178. The van der Waals surface area contributed by atoms with Crippen LogP contribution in [0.2, 0.25) is 0 Å². The normalized spacial score (nSPS) is 25.8. The summed E-state index contributed by atoms with van der Waals surface area (Å²) in [5.74, 6) is 6.49. The number of hydrazine groups is 1. The van der Waals surface area contributed by atoms with Gasteiger partial charge in [-0.05, 0) is 63.9 Å². The third kappa shape index (κ3) is 2.74. The van der Waals surface area contributed by atoms with Crippen LogP contribution in [0.15, 0.2) is 0 Å². The standard InChI is InChI=1S/C16H28N4O/c1-11-14(12(2)20(3)19-11)9-15(18-17)13-5-8-21-16(10-13)6-4-7-16/h13,15,18H,4-10,17H2,1-3H3. The van der Waals surface area contributed by atoms with Gasteiger partial charge in [-0.1, -0.05) is 0 Å². The molecule has 1 aromatic heterocycles. The molecule has 1 aliphatic heterocycles. The van der Waals surface area contributed by atoms with E-state index >= 15 is 0 Å². The van der Waals surface area contributed by atoms with E-state index in [1.165, 1.54) is 30.5 Å². The van der Waals surface area contributed by atoms with Crippen molar-refractivity contribution in [3.63, 3.8) is 0 Å². The summed E-state index contributed by atoms with van der Waals surface area (Å²) < 4.78 is 8.01. The van der Waals surface area contributed by atoms with Gasteiger partial charge in [0.1, 0.15) is 0 Å². The summed E-state index contributed by atoms with van der Waals surface area (Å²) in [4.78, 5) is 0. The first kappa shape index (κ1) is 15.0. The van der Waals surface area contributed by atoms with Crippen LogP contribution in [-0.4, -0.2) is 28.0 Å². The monoisotopic (exact) mass is 292 g/mol. The van der Waals surface area contributed by atoms with E-state index < -0.39 is 0 Å². The topological polar surface area (TPSA) is 65.1 Å². The molecule has 1 spiro atoms. The average molecular weight is 292 g/mol. The Labute approximate surface area is 127 Å². The van der Waals surface area contributed by atoms with E-state index in [4.69, 9.17) is 10.6 Å². The Morgan fingerprint density at radius 3 is 2.76 bits per heavy atom. The molecule has 0 bridgehead atoms. The zero-order chi connectivity index (χ0) is 15.0. The van der Waals surface area contributed by atoms with Gasteiger partial charge in [0.25, 0.3) is 0 Å². The second-order valence-corrected chi connectivity index (χ2v) is 6.89.